The molecule has 160 valence electrons. The van der Waals surface area contributed by atoms with E-state index < -0.39 is 21.7 Å². The summed E-state index contributed by atoms with van der Waals surface area (Å²) >= 11 is 0. The van der Waals surface area contributed by atoms with E-state index in [0.29, 0.717) is 23.4 Å². The Morgan fingerprint density at radius 3 is 2.48 bits per heavy atom. The summed E-state index contributed by atoms with van der Waals surface area (Å²) in [6, 6.07) is 13.6. The van der Waals surface area contributed by atoms with E-state index in [2.05, 4.69) is 10.3 Å². The van der Waals surface area contributed by atoms with Gasteiger partial charge in [-0.25, -0.2) is 17.8 Å². The second-order valence-corrected chi connectivity index (χ2v) is 9.33. The van der Waals surface area contributed by atoms with Gasteiger partial charge in [-0.3, -0.25) is 4.79 Å². The normalized spacial score (nSPS) is 14.1. The van der Waals surface area contributed by atoms with Crippen LogP contribution in [0.3, 0.4) is 0 Å². The van der Waals surface area contributed by atoms with Gasteiger partial charge in [0, 0.05) is 30.9 Å². The highest BCUT2D eigenvalue weighted by Crippen LogP contribution is 2.27. The van der Waals surface area contributed by atoms with Gasteiger partial charge in [0.05, 0.1) is 10.5 Å². The van der Waals surface area contributed by atoms with Crippen molar-refractivity contribution in [3.05, 3.63) is 82.8 Å². The minimum absolute atomic E-state index is 0.0632. The molecule has 0 aliphatic carbocycles. The number of halogens is 1. The van der Waals surface area contributed by atoms with Gasteiger partial charge < -0.3 is 11.1 Å². The summed E-state index contributed by atoms with van der Waals surface area (Å²) < 4.78 is 40.5. The Kier molecular flexibility index (Phi) is 5.47. The summed E-state index contributed by atoms with van der Waals surface area (Å²) in [5.74, 6) is -0.853. The monoisotopic (exact) mass is 440 g/mol. The van der Waals surface area contributed by atoms with Gasteiger partial charge in [0.1, 0.15) is 11.6 Å². The van der Waals surface area contributed by atoms with Gasteiger partial charge >= 0.3 is 0 Å². The van der Waals surface area contributed by atoms with E-state index in [0.717, 1.165) is 5.56 Å². The molecule has 31 heavy (non-hydrogen) atoms. The fourth-order valence-corrected chi connectivity index (χ4v) is 4.86. The molecule has 7 nitrogen and oxygen atoms in total. The molecule has 9 heteroatoms. The van der Waals surface area contributed by atoms with Crippen molar-refractivity contribution in [3.63, 3.8) is 0 Å². The average Bonchev–Trinajstić information content (AvgIpc) is 2.74. The van der Waals surface area contributed by atoms with Crippen molar-refractivity contribution >= 4 is 27.4 Å². The van der Waals surface area contributed by atoms with Crippen LogP contribution in [0.25, 0.3) is 0 Å². The fourth-order valence-electron chi connectivity index (χ4n) is 3.44. The average molecular weight is 441 g/mol. The number of hydrogen-bond acceptors (Lipinski definition) is 5. The standard InChI is InChI=1S/C22H21FN4O3S/c1-14-2-8-18(9-3-14)31(29,30)27-11-10-20-15(13-27)12-19(21(24)26-20)22(28)25-17-6-4-16(23)5-7-17/h2-9,12H,10-11,13H2,1H3,(H2,24,26)(H,25,28). The highest BCUT2D eigenvalue weighted by molar-refractivity contribution is 7.89. The molecule has 0 atom stereocenters. The highest BCUT2D eigenvalue weighted by Gasteiger charge is 2.30. The van der Waals surface area contributed by atoms with Gasteiger partial charge in [-0.1, -0.05) is 17.7 Å². The summed E-state index contributed by atoms with van der Waals surface area (Å²) in [5.41, 5.74) is 8.80. The van der Waals surface area contributed by atoms with Gasteiger partial charge in [0.2, 0.25) is 10.0 Å². The topological polar surface area (TPSA) is 105 Å². The Bertz CT molecular complexity index is 1240. The number of fused-ring (bicyclic) bond motifs is 1. The van der Waals surface area contributed by atoms with Crippen LogP contribution < -0.4 is 11.1 Å². The van der Waals surface area contributed by atoms with E-state index in [-0.39, 0.29) is 29.4 Å². The zero-order valence-corrected chi connectivity index (χ0v) is 17.6. The maximum atomic E-state index is 13.1. The van der Waals surface area contributed by atoms with Crippen LogP contribution >= 0.6 is 0 Å². The van der Waals surface area contributed by atoms with Gasteiger partial charge in [-0.2, -0.15) is 4.31 Å². The number of nitrogens with two attached hydrogens (primary N) is 1. The number of anilines is 2. The number of carbonyl (C=O) groups excluding carboxylic acids is 1. The van der Waals surface area contributed by atoms with Crippen LogP contribution in [0.2, 0.25) is 0 Å². The van der Waals surface area contributed by atoms with Gasteiger partial charge in [-0.05, 0) is 55.0 Å². The summed E-state index contributed by atoms with van der Waals surface area (Å²) in [6.45, 7) is 2.26. The van der Waals surface area contributed by atoms with Crippen molar-refractivity contribution in [1.82, 2.24) is 9.29 Å². The lowest BCUT2D eigenvalue weighted by Crippen LogP contribution is -2.36. The molecule has 3 N–H and O–H groups in total. The van der Waals surface area contributed by atoms with Crippen LogP contribution in [-0.4, -0.2) is 30.2 Å². The predicted molar refractivity (Wildman–Crippen MR) is 115 cm³/mol. The number of benzene rings is 2. The van der Waals surface area contributed by atoms with Crippen LogP contribution in [0.4, 0.5) is 15.9 Å². The third-order valence-corrected chi connectivity index (χ3v) is 7.03. The van der Waals surface area contributed by atoms with Crippen molar-refractivity contribution < 1.29 is 17.6 Å². The molecular weight excluding hydrogens is 419 g/mol. The lowest BCUT2D eigenvalue weighted by Gasteiger charge is -2.28. The van der Waals surface area contributed by atoms with Crippen LogP contribution in [0.1, 0.15) is 27.2 Å². The molecule has 0 unspecified atom stereocenters. The molecule has 3 aromatic rings. The third-order valence-electron chi connectivity index (χ3n) is 5.17. The molecule has 0 fully saturated rings. The minimum atomic E-state index is -3.68. The van der Waals surface area contributed by atoms with Crippen molar-refractivity contribution in [1.29, 1.82) is 0 Å². The predicted octanol–water partition coefficient (Wildman–Crippen LogP) is 3.11. The number of amides is 1. The molecule has 2 aromatic carbocycles. The first-order valence-electron chi connectivity index (χ1n) is 9.66. The number of hydrogen-bond donors (Lipinski definition) is 2. The molecule has 0 spiro atoms. The Hall–Kier alpha value is -3.30. The number of sulfonamides is 1. The molecule has 0 bridgehead atoms. The van der Waals surface area contributed by atoms with Crippen LogP contribution in [-0.2, 0) is 23.0 Å². The number of nitrogen functional groups attached to an aromatic ring is 1. The Balaban J connectivity index is 1.59. The van der Waals surface area contributed by atoms with E-state index >= 15 is 0 Å². The zero-order valence-electron chi connectivity index (χ0n) is 16.8. The van der Waals surface area contributed by atoms with Crippen molar-refractivity contribution in [2.75, 3.05) is 17.6 Å². The van der Waals surface area contributed by atoms with Crippen molar-refractivity contribution in [2.24, 2.45) is 0 Å². The van der Waals surface area contributed by atoms with E-state index in [1.165, 1.54) is 28.6 Å². The summed E-state index contributed by atoms with van der Waals surface area (Å²) in [4.78, 5) is 17.2. The van der Waals surface area contributed by atoms with Crippen LogP contribution in [0.5, 0.6) is 0 Å². The number of nitrogens with zero attached hydrogens (tertiary/aromatic N) is 2. The summed E-state index contributed by atoms with van der Waals surface area (Å²) in [6.07, 6.45) is 0.393. The van der Waals surface area contributed by atoms with E-state index in [1.54, 1.807) is 30.3 Å². The minimum Gasteiger partial charge on any atom is -0.383 e. The van der Waals surface area contributed by atoms with Crippen LogP contribution in [0.15, 0.2) is 59.5 Å². The molecule has 0 radical (unpaired) electrons. The molecule has 1 aliphatic rings. The van der Waals surface area contributed by atoms with Crippen LogP contribution in [0, 0.1) is 12.7 Å². The maximum Gasteiger partial charge on any atom is 0.259 e. The number of aromatic nitrogens is 1. The number of nitrogens with one attached hydrogen (secondary N) is 1. The Morgan fingerprint density at radius 2 is 1.81 bits per heavy atom. The molecule has 0 saturated heterocycles. The molecule has 0 saturated carbocycles. The first-order chi connectivity index (χ1) is 14.7. The molecule has 1 aliphatic heterocycles. The second kappa shape index (κ2) is 8.09. The SMILES string of the molecule is Cc1ccc(S(=O)(=O)N2CCc3nc(N)c(C(=O)Nc4ccc(F)cc4)cc3C2)cc1. The number of carbonyl (C=O) groups is 1. The van der Waals surface area contributed by atoms with E-state index in [1.807, 2.05) is 6.92 Å². The first-order valence-corrected chi connectivity index (χ1v) is 11.1. The number of pyridine rings is 1. The number of rotatable bonds is 4. The molecule has 1 amide bonds. The van der Waals surface area contributed by atoms with Crippen molar-refractivity contribution in [2.45, 2.75) is 24.8 Å². The van der Waals surface area contributed by atoms with E-state index in [4.69, 9.17) is 5.73 Å². The Labute approximate surface area is 179 Å². The van der Waals surface area contributed by atoms with Gasteiger partial charge in [-0.15, -0.1) is 0 Å². The first kappa shape index (κ1) is 21.0. The molecular formula is C22H21FN4O3S. The number of aryl methyl sites for hydroxylation is 1. The smallest absolute Gasteiger partial charge is 0.259 e. The molecule has 2 heterocycles. The maximum absolute atomic E-state index is 13.1. The third kappa shape index (κ3) is 4.28. The van der Waals surface area contributed by atoms with Crippen molar-refractivity contribution in [3.8, 4) is 0 Å². The summed E-state index contributed by atoms with van der Waals surface area (Å²) in [5, 5.41) is 2.65. The largest absolute Gasteiger partial charge is 0.383 e. The quantitative estimate of drug-likeness (QED) is 0.649. The fraction of sp³-hybridized carbons (Fsp3) is 0.182. The molecule has 4 rings (SSSR count). The second-order valence-electron chi connectivity index (χ2n) is 7.39. The van der Waals surface area contributed by atoms with E-state index in [9.17, 15) is 17.6 Å². The molecule has 1 aromatic heterocycles. The lowest BCUT2D eigenvalue weighted by molar-refractivity contribution is 0.102. The highest BCUT2D eigenvalue weighted by atomic mass is 32.2. The van der Waals surface area contributed by atoms with Gasteiger partial charge in [0.25, 0.3) is 5.91 Å². The lowest BCUT2D eigenvalue weighted by atomic mass is 10.0. The summed E-state index contributed by atoms with van der Waals surface area (Å²) in [7, 11) is -3.68. The zero-order chi connectivity index (χ0) is 22.2. The van der Waals surface area contributed by atoms with Gasteiger partial charge in [0.15, 0.2) is 0 Å². The Morgan fingerprint density at radius 1 is 1.13 bits per heavy atom.